The summed E-state index contributed by atoms with van der Waals surface area (Å²) in [6, 6.07) is 3.25. The Morgan fingerprint density at radius 2 is 2.10 bits per heavy atom. The maximum atomic E-state index is 12.4. The molecule has 0 radical (unpaired) electrons. The molecular formula is C15H23N3O2S. The summed E-state index contributed by atoms with van der Waals surface area (Å²) in [5.41, 5.74) is 0. The normalized spacial score (nSPS) is 24.7. The van der Waals surface area contributed by atoms with Crippen LogP contribution in [0, 0.1) is 5.92 Å². The van der Waals surface area contributed by atoms with Crippen LogP contribution in [0.25, 0.3) is 0 Å². The van der Waals surface area contributed by atoms with Gasteiger partial charge < -0.3 is 0 Å². The summed E-state index contributed by atoms with van der Waals surface area (Å²) in [5, 5.41) is 0. The summed E-state index contributed by atoms with van der Waals surface area (Å²) in [7, 11) is -3.47. The van der Waals surface area contributed by atoms with E-state index in [1.165, 1.54) is 25.5 Å². The molecule has 0 spiro atoms. The molecule has 1 aromatic heterocycles. The van der Waals surface area contributed by atoms with E-state index in [0.717, 1.165) is 38.3 Å². The maximum Gasteiger partial charge on any atom is 0.243 e. The summed E-state index contributed by atoms with van der Waals surface area (Å²) in [6.07, 6.45) is 9.97. The van der Waals surface area contributed by atoms with Crippen LogP contribution in [0.4, 0.5) is 0 Å². The standard InChI is InChI=1S/C15H23N3O2S/c19-21(20,14-7-4-9-16-11-14)17-15-8-1-2-10-18(15)12-13-5-3-6-13/h4,7,9,11,13,15,17H,1-3,5-6,8,10,12H2. The van der Waals surface area contributed by atoms with Gasteiger partial charge in [-0.05, 0) is 56.7 Å². The van der Waals surface area contributed by atoms with Crippen LogP contribution in [0.5, 0.6) is 0 Å². The fraction of sp³-hybridized carbons (Fsp3) is 0.667. The van der Waals surface area contributed by atoms with Gasteiger partial charge in [0.15, 0.2) is 0 Å². The van der Waals surface area contributed by atoms with Crippen LogP contribution in [0.15, 0.2) is 29.4 Å². The van der Waals surface area contributed by atoms with Gasteiger partial charge in [0, 0.05) is 18.9 Å². The van der Waals surface area contributed by atoms with Gasteiger partial charge in [0.25, 0.3) is 0 Å². The number of sulfonamides is 1. The Balaban J connectivity index is 1.68. The molecule has 1 aromatic rings. The lowest BCUT2D eigenvalue weighted by Gasteiger charge is -2.40. The van der Waals surface area contributed by atoms with E-state index in [0.29, 0.717) is 0 Å². The predicted octanol–water partition coefficient (Wildman–Crippen LogP) is 1.97. The fourth-order valence-corrected chi connectivity index (χ4v) is 4.32. The Morgan fingerprint density at radius 1 is 1.24 bits per heavy atom. The highest BCUT2D eigenvalue weighted by Crippen LogP contribution is 2.29. The largest absolute Gasteiger partial charge is 0.287 e. The first-order valence-corrected chi connectivity index (χ1v) is 9.30. The van der Waals surface area contributed by atoms with Crippen molar-refractivity contribution in [2.24, 2.45) is 5.92 Å². The van der Waals surface area contributed by atoms with E-state index >= 15 is 0 Å². The van der Waals surface area contributed by atoms with Gasteiger partial charge in [0.05, 0.1) is 6.17 Å². The quantitative estimate of drug-likeness (QED) is 0.903. The smallest absolute Gasteiger partial charge is 0.243 e. The Morgan fingerprint density at radius 3 is 2.76 bits per heavy atom. The molecule has 5 nitrogen and oxygen atoms in total. The van der Waals surface area contributed by atoms with Crippen LogP contribution < -0.4 is 4.72 Å². The van der Waals surface area contributed by atoms with Crippen molar-refractivity contribution in [2.45, 2.75) is 49.6 Å². The van der Waals surface area contributed by atoms with Crippen molar-refractivity contribution < 1.29 is 8.42 Å². The zero-order valence-electron chi connectivity index (χ0n) is 12.2. The SMILES string of the molecule is O=S(=O)(NC1CCCCN1CC1CCC1)c1cccnc1. The number of aromatic nitrogens is 1. The molecule has 1 atom stereocenters. The molecule has 1 unspecified atom stereocenters. The number of nitrogens with one attached hydrogen (secondary N) is 1. The van der Waals surface area contributed by atoms with E-state index in [2.05, 4.69) is 14.6 Å². The van der Waals surface area contributed by atoms with E-state index in [-0.39, 0.29) is 11.1 Å². The van der Waals surface area contributed by atoms with Crippen molar-refractivity contribution in [3.63, 3.8) is 0 Å². The summed E-state index contributed by atoms with van der Waals surface area (Å²) in [5.74, 6) is 0.758. The molecule has 21 heavy (non-hydrogen) atoms. The van der Waals surface area contributed by atoms with E-state index in [9.17, 15) is 8.42 Å². The highest BCUT2D eigenvalue weighted by Gasteiger charge is 2.30. The lowest BCUT2D eigenvalue weighted by atomic mass is 9.84. The van der Waals surface area contributed by atoms with E-state index < -0.39 is 10.0 Å². The van der Waals surface area contributed by atoms with Gasteiger partial charge in [-0.1, -0.05) is 6.42 Å². The third-order valence-electron chi connectivity index (χ3n) is 4.57. The van der Waals surface area contributed by atoms with Gasteiger partial charge >= 0.3 is 0 Å². The molecule has 0 bridgehead atoms. The Bertz CT molecular complexity index is 558. The summed E-state index contributed by atoms with van der Waals surface area (Å²) in [6.45, 7) is 2.02. The van der Waals surface area contributed by atoms with Crippen molar-refractivity contribution in [2.75, 3.05) is 13.1 Å². The molecule has 2 aliphatic rings. The Kier molecular flexibility index (Phi) is 4.57. The second kappa shape index (κ2) is 6.42. The third-order valence-corrected chi connectivity index (χ3v) is 6.01. The topological polar surface area (TPSA) is 62.3 Å². The average Bonchev–Trinajstić information content (AvgIpc) is 2.45. The van der Waals surface area contributed by atoms with Crippen LogP contribution in [-0.2, 0) is 10.0 Å². The molecule has 2 fully saturated rings. The van der Waals surface area contributed by atoms with Crippen molar-refractivity contribution >= 4 is 10.0 Å². The van der Waals surface area contributed by atoms with Gasteiger partial charge in [0.2, 0.25) is 10.0 Å². The van der Waals surface area contributed by atoms with Gasteiger partial charge in [0.1, 0.15) is 4.90 Å². The lowest BCUT2D eigenvalue weighted by Crippen LogP contribution is -2.52. The van der Waals surface area contributed by atoms with Crippen LogP contribution in [0.1, 0.15) is 38.5 Å². The van der Waals surface area contributed by atoms with Crippen molar-refractivity contribution in [1.82, 2.24) is 14.6 Å². The molecule has 1 N–H and O–H groups in total. The zero-order valence-corrected chi connectivity index (χ0v) is 13.1. The fourth-order valence-electron chi connectivity index (χ4n) is 3.10. The maximum absolute atomic E-state index is 12.4. The second-order valence-corrected chi connectivity index (χ2v) is 7.83. The zero-order chi connectivity index (χ0) is 14.7. The molecule has 1 aliphatic carbocycles. The lowest BCUT2D eigenvalue weighted by molar-refractivity contribution is 0.0944. The molecule has 1 saturated heterocycles. The Hall–Kier alpha value is -0.980. The minimum Gasteiger partial charge on any atom is -0.287 e. The monoisotopic (exact) mass is 309 g/mol. The minimum atomic E-state index is -3.47. The summed E-state index contributed by atoms with van der Waals surface area (Å²) >= 11 is 0. The van der Waals surface area contributed by atoms with Crippen LogP contribution >= 0.6 is 0 Å². The highest BCUT2D eigenvalue weighted by atomic mass is 32.2. The summed E-state index contributed by atoms with van der Waals surface area (Å²) < 4.78 is 27.7. The molecule has 1 saturated carbocycles. The first-order valence-electron chi connectivity index (χ1n) is 7.81. The number of rotatable bonds is 5. The first kappa shape index (κ1) is 14.9. The van der Waals surface area contributed by atoms with Crippen LogP contribution in [-0.4, -0.2) is 37.6 Å². The number of hydrogen-bond acceptors (Lipinski definition) is 4. The number of nitrogens with zero attached hydrogens (tertiary/aromatic N) is 2. The number of pyridine rings is 1. The molecule has 0 amide bonds. The Labute approximate surface area is 126 Å². The van der Waals surface area contributed by atoms with Crippen LogP contribution in [0.2, 0.25) is 0 Å². The predicted molar refractivity (Wildman–Crippen MR) is 81.1 cm³/mol. The van der Waals surface area contributed by atoms with Crippen molar-refractivity contribution in [1.29, 1.82) is 0 Å². The van der Waals surface area contributed by atoms with Gasteiger partial charge in [-0.25, -0.2) is 8.42 Å². The third kappa shape index (κ3) is 3.62. The van der Waals surface area contributed by atoms with Gasteiger partial charge in [-0.15, -0.1) is 0 Å². The van der Waals surface area contributed by atoms with Crippen molar-refractivity contribution in [3.8, 4) is 0 Å². The molecular weight excluding hydrogens is 286 g/mol. The van der Waals surface area contributed by atoms with Crippen molar-refractivity contribution in [3.05, 3.63) is 24.5 Å². The molecule has 6 heteroatoms. The average molecular weight is 309 g/mol. The van der Waals surface area contributed by atoms with E-state index in [1.807, 2.05) is 0 Å². The second-order valence-electron chi connectivity index (χ2n) is 6.11. The first-order chi connectivity index (χ1) is 10.1. The highest BCUT2D eigenvalue weighted by molar-refractivity contribution is 7.89. The van der Waals surface area contributed by atoms with E-state index in [4.69, 9.17) is 0 Å². The number of likely N-dealkylation sites (tertiary alicyclic amines) is 1. The molecule has 3 rings (SSSR count). The van der Waals surface area contributed by atoms with E-state index in [1.54, 1.807) is 18.3 Å². The molecule has 2 heterocycles. The molecule has 116 valence electrons. The minimum absolute atomic E-state index is 0.0652. The summed E-state index contributed by atoms with van der Waals surface area (Å²) in [4.78, 5) is 6.47. The number of piperidine rings is 1. The van der Waals surface area contributed by atoms with Gasteiger partial charge in [-0.3, -0.25) is 9.88 Å². The number of hydrogen-bond donors (Lipinski definition) is 1. The molecule has 0 aromatic carbocycles. The molecule has 1 aliphatic heterocycles. The van der Waals surface area contributed by atoms with Gasteiger partial charge in [-0.2, -0.15) is 4.72 Å². The van der Waals surface area contributed by atoms with Crippen LogP contribution in [0.3, 0.4) is 0 Å².